The van der Waals surface area contributed by atoms with Gasteiger partial charge in [-0.15, -0.1) is 0 Å². The van der Waals surface area contributed by atoms with Crippen LogP contribution >= 0.6 is 0 Å². The molecule has 9 nitrogen and oxygen atoms in total. The first-order chi connectivity index (χ1) is 18.4. The van der Waals surface area contributed by atoms with Crippen LogP contribution in [0.5, 0.6) is 0 Å². The van der Waals surface area contributed by atoms with Gasteiger partial charge in [0.1, 0.15) is 0 Å². The highest BCUT2D eigenvalue weighted by atomic mass is 32.3. The molecule has 2 saturated heterocycles. The fourth-order valence-electron chi connectivity index (χ4n) is 5.07. The highest BCUT2D eigenvalue weighted by Crippen LogP contribution is 2.42. The van der Waals surface area contributed by atoms with E-state index in [-0.39, 0.29) is 36.4 Å². The van der Waals surface area contributed by atoms with Gasteiger partial charge in [-0.2, -0.15) is 8.78 Å². The molecule has 0 aromatic heterocycles. The van der Waals surface area contributed by atoms with Crippen molar-refractivity contribution in [2.24, 2.45) is 5.92 Å². The van der Waals surface area contributed by atoms with Gasteiger partial charge in [0, 0.05) is 31.1 Å². The number of hydrogen-bond acceptors (Lipinski definition) is 7. The summed E-state index contributed by atoms with van der Waals surface area (Å²) < 4.78 is 95.3. The van der Waals surface area contributed by atoms with Gasteiger partial charge in [-0.25, -0.2) is 16.8 Å². The molecule has 0 saturated carbocycles. The standard InChI is InChI=1S/C26H32F2N2O7S2/c1-38(32,33)30(39(34,35)26(27,28)24(31)29-15-9-4-10-16-29)20-23(19-21-11-5-2-6-12-21)25(36-17-18-37-25)22-13-7-3-8-14-22/h2-3,5-8,11-14,23H,4,9-10,15-20H2,1H3. The van der Waals surface area contributed by atoms with Crippen LogP contribution in [0.4, 0.5) is 8.78 Å². The second kappa shape index (κ2) is 11.6. The van der Waals surface area contributed by atoms with Crippen molar-refractivity contribution in [1.29, 1.82) is 0 Å². The quantitative estimate of drug-likeness (QED) is 0.421. The van der Waals surface area contributed by atoms with Gasteiger partial charge in [0.05, 0.1) is 19.5 Å². The van der Waals surface area contributed by atoms with Crippen LogP contribution in [-0.2, 0) is 46.5 Å². The maximum Gasteiger partial charge on any atom is 0.436 e. The molecule has 2 heterocycles. The second-order valence-electron chi connectivity index (χ2n) is 9.71. The molecule has 0 bridgehead atoms. The topological polar surface area (TPSA) is 110 Å². The summed E-state index contributed by atoms with van der Waals surface area (Å²) in [6, 6.07) is 17.3. The van der Waals surface area contributed by atoms with Gasteiger partial charge >= 0.3 is 21.2 Å². The molecular weight excluding hydrogens is 554 g/mol. The number of amides is 1. The van der Waals surface area contributed by atoms with Gasteiger partial charge in [-0.3, -0.25) is 4.79 Å². The molecule has 39 heavy (non-hydrogen) atoms. The smallest absolute Gasteiger partial charge is 0.343 e. The Morgan fingerprint density at radius 1 is 0.949 bits per heavy atom. The van der Waals surface area contributed by atoms with Crippen LogP contribution in [0.25, 0.3) is 0 Å². The molecule has 1 atom stereocenters. The minimum absolute atomic E-state index is 0.0295. The van der Waals surface area contributed by atoms with Gasteiger partial charge in [0.25, 0.3) is 0 Å². The molecule has 0 spiro atoms. The fourth-order valence-corrected chi connectivity index (χ4v) is 8.20. The number of likely N-dealkylation sites (tertiary alicyclic amines) is 1. The molecule has 0 radical (unpaired) electrons. The Morgan fingerprint density at radius 3 is 2.03 bits per heavy atom. The van der Waals surface area contributed by atoms with E-state index in [0.717, 1.165) is 11.3 Å². The van der Waals surface area contributed by atoms with Crippen LogP contribution in [0, 0.1) is 5.92 Å². The van der Waals surface area contributed by atoms with E-state index in [2.05, 4.69) is 0 Å². The van der Waals surface area contributed by atoms with Crippen LogP contribution in [0.3, 0.4) is 0 Å². The molecule has 2 aromatic carbocycles. The summed E-state index contributed by atoms with van der Waals surface area (Å²) >= 11 is 0. The van der Waals surface area contributed by atoms with Crippen molar-refractivity contribution in [3.8, 4) is 0 Å². The zero-order valence-corrected chi connectivity index (χ0v) is 23.2. The highest BCUT2D eigenvalue weighted by molar-refractivity contribution is 8.04. The van der Waals surface area contributed by atoms with Crippen molar-refractivity contribution in [3.05, 3.63) is 71.8 Å². The van der Waals surface area contributed by atoms with E-state index >= 15 is 8.78 Å². The second-order valence-corrected chi connectivity index (χ2v) is 13.8. The average Bonchev–Trinajstić information content (AvgIpc) is 3.42. The Hall–Kier alpha value is -2.45. The lowest BCUT2D eigenvalue weighted by molar-refractivity contribution is -0.205. The lowest BCUT2D eigenvalue weighted by atomic mass is 9.86. The van der Waals surface area contributed by atoms with E-state index in [1.165, 1.54) is 0 Å². The predicted molar refractivity (Wildman–Crippen MR) is 140 cm³/mol. The minimum Gasteiger partial charge on any atom is -0.343 e. The first-order valence-electron chi connectivity index (χ1n) is 12.7. The van der Waals surface area contributed by atoms with Crippen LogP contribution in [0.1, 0.15) is 30.4 Å². The molecule has 0 aliphatic carbocycles. The van der Waals surface area contributed by atoms with E-state index < -0.39 is 49.5 Å². The fraction of sp³-hybridized carbons (Fsp3) is 0.500. The largest absolute Gasteiger partial charge is 0.436 e. The van der Waals surface area contributed by atoms with Crippen molar-refractivity contribution in [2.75, 3.05) is 39.1 Å². The summed E-state index contributed by atoms with van der Waals surface area (Å²) in [6.45, 7) is -0.755. The summed E-state index contributed by atoms with van der Waals surface area (Å²) in [6.07, 6.45) is 2.18. The maximum absolute atomic E-state index is 15.5. The van der Waals surface area contributed by atoms with E-state index in [1.54, 1.807) is 60.7 Å². The van der Waals surface area contributed by atoms with E-state index in [4.69, 9.17) is 9.47 Å². The van der Waals surface area contributed by atoms with Crippen molar-refractivity contribution >= 4 is 26.0 Å². The number of benzene rings is 2. The van der Waals surface area contributed by atoms with E-state index in [9.17, 15) is 21.6 Å². The summed E-state index contributed by atoms with van der Waals surface area (Å²) in [5, 5.41) is -5.00. The lowest BCUT2D eigenvalue weighted by Gasteiger charge is -2.39. The van der Waals surface area contributed by atoms with Gasteiger partial charge in [-0.05, 0) is 31.2 Å². The van der Waals surface area contributed by atoms with E-state index in [0.29, 0.717) is 30.2 Å². The van der Waals surface area contributed by atoms with Crippen molar-refractivity contribution in [1.82, 2.24) is 8.61 Å². The number of sulfonamides is 2. The minimum atomic E-state index is -6.02. The summed E-state index contributed by atoms with van der Waals surface area (Å²) in [5.41, 5.74) is 1.16. The third-order valence-electron chi connectivity index (χ3n) is 6.98. The molecule has 2 fully saturated rings. The van der Waals surface area contributed by atoms with Crippen molar-refractivity contribution in [3.63, 3.8) is 0 Å². The van der Waals surface area contributed by atoms with Crippen LogP contribution in [-0.4, -0.2) is 75.7 Å². The monoisotopic (exact) mass is 586 g/mol. The molecule has 4 rings (SSSR count). The lowest BCUT2D eigenvalue weighted by Crippen LogP contribution is -2.57. The molecule has 1 unspecified atom stereocenters. The number of halogens is 2. The molecular formula is C26H32F2N2O7S2. The number of carbonyl (C=O) groups excluding carboxylic acids is 1. The Morgan fingerprint density at radius 2 is 1.49 bits per heavy atom. The summed E-state index contributed by atoms with van der Waals surface area (Å²) in [5.74, 6) is -4.64. The van der Waals surface area contributed by atoms with Crippen LogP contribution < -0.4 is 0 Å². The number of nitrogens with zero attached hydrogens (tertiary/aromatic N) is 2. The highest BCUT2D eigenvalue weighted by Gasteiger charge is 2.61. The molecule has 2 aromatic rings. The van der Waals surface area contributed by atoms with Gasteiger partial charge in [0.15, 0.2) is 5.79 Å². The van der Waals surface area contributed by atoms with E-state index in [1.807, 2.05) is 0 Å². The van der Waals surface area contributed by atoms with Gasteiger partial charge in [-0.1, -0.05) is 64.4 Å². The Kier molecular flexibility index (Phi) is 8.76. The van der Waals surface area contributed by atoms with Crippen molar-refractivity contribution < 1.29 is 39.9 Å². The maximum atomic E-state index is 15.5. The molecule has 13 heteroatoms. The summed E-state index contributed by atoms with van der Waals surface area (Å²) in [7, 11) is -10.8. The number of ether oxygens (including phenoxy) is 2. The number of alkyl halides is 2. The first-order valence-corrected chi connectivity index (χ1v) is 16.0. The zero-order chi connectivity index (χ0) is 28.3. The number of carbonyl (C=O) groups is 1. The summed E-state index contributed by atoms with van der Waals surface area (Å²) in [4.78, 5) is 13.5. The average molecular weight is 587 g/mol. The Labute approximate surface area is 227 Å². The molecule has 1 amide bonds. The Bertz CT molecular complexity index is 1350. The third-order valence-corrected chi connectivity index (χ3v) is 10.8. The molecule has 0 N–H and O–H groups in total. The number of rotatable bonds is 10. The van der Waals surface area contributed by atoms with Crippen molar-refractivity contribution in [2.45, 2.75) is 36.7 Å². The molecule has 214 valence electrons. The van der Waals surface area contributed by atoms with Gasteiger partial charge < -0.3 is 14.4 Å². The van der Waals surface area contributed by atoms with Crippen LogP contribution in [0.2, 0.25) is 0 Å². The normalized spacial score (nSPS) is 19.2. The molecule has 2 aliphatic heterocycles. The SMILES string of the molecule is CS(=O)(=O)N(CC(Cc1ccccc1)C1(c2ccccc2)OCCO1)S(=O)(=O)C(F)(F)C(=O)N1CCCCC1. The third kappa shape index (κ3) is 6.02. The zero-order valence-electron chi connectivity index (χ0n) is 21.5. The van der Waals surface area contributed by atoms with Gasteiger partial charge in [0.2, 0.25) is 10.0 Å². The molecule has 2 aliphatic rings. The van der Waals surface area contributed by atoms with Crippen LogP contribution in [0.15, 0.2) is 60.7 Å². The first kappa shape index (κ1) is 29.5. The number of hydrogen-bond donors (Lipinski definition) is 0. The predicted octanol–water partition coefficient (Wildman–Crippen LogP) is 2.94. The Balaban J connectivity index is 1.78. The number of piperidine rings is 1.